The number of methoxy groups -OCH3 is 1. The first kappa shape index (κ1) is 77.2. The molecule has 2 amide bonds. The molecule has 0 bridgehead atoms. The maximum atomic E-state index is 13.6. The molecule has 3 aliphatic rings. The minimum atomic E-state index is -4.82. The smallest absolute Gasteiger partial charge is 0.395 e. The number of carbonyl (C=O) groups is 3. The van der Waals surface area contributed by atoms with Gasteiger partial charge in [0.15, 0.2) is 18.9 Å². The van der Waals surface area contributed by atoms with Gasteiger partial charge in [-0.2, -0.15) is 0 Å². The number of carbonyl (C=O) groups excluding carboxylic acids is 3. The first-order valence-corrected chi connectivity index (χ1v) is 31.3. The van der Waals surface area contributed by atoms with Gasteiger partial charge < -0.3 is 104 Å². The number of hydrogen-bond donors (Lipinski definition) is 12. The van der Waals surface area contributed by atoms with E-state index in [1.54, 1.807) is 20.8 Å². The van der Waals surface area contributed by atoms with Crippen LogP contribution in [-0.4, -0.2) is 275 Å². The Kier molecular flexibility index (Phi) is 37.8. The van der Waals surface area contributed by atoms with Gasteiger partial charge in [-0.25, -0.2) is 9.13 Å². The molecule has 30 nitrogen and oxygen atoms in total. The first-order chi connectivity index (χ1) is 39.2. The molecule has 3 saturated heterocycles. The highest BCUT2D eigenvalue weighted by Gasteiger charge is 2.45. The standard InChI is InChI=1S/C47H88N2O28P2.C4H10/c1-29-39(57)42(60)34(26-51)75-45(29)68-18-5-8-33(54)32(11-21-71-78(63,64)73-24-15-48(13-17-50)37(55)9-6-19-69-46-30(2)40(58)43(61)35(27-52)76-46)12-22-72-79(65,66)74-25-16-49(14-23-67-4)38(56)10-7-20-70-47-31(3)41(59)44(62)36(28-53)77-47;1-4(2)3/h29-32,34-36,39-47,50-53,57-62H,5-28H2,1-4H3,(H,63,64)(H,65,66);4H,1-3H3/t29?,30?,31?,32?,34?,35?,36?,39-,40-,41-,42+,43+,44+,45-,46-,47-;/m1./s1. The number of amides is 2. The Morgan fingerprint density at radius 1 is 0.482 bits per heavy atom. The maximum absolute atomic E-state index is 13.6. The summed E-state index contributed by atoms with van der Waals surface area (Å²) in [5.41, 5.74) is 0. The van der Waals surface area contributed by atoms with Crippen molar-refractivity contribution >= 4 is 33.2 Å². The van der Waals surface area contributed by atoms with Gasteiger partial charge in [0.2, 0.25) is 11.8 Å². The van der Waals surface area contributed by atoms with E-state index in [4.69, 9.17) is 51.3 Å². The lowest BCUT2D eigenvalue weighted by molar-refractivity contribution is -0.282. The zero-order valence-electron chi connectivity index (χ0n) is 49.0. The molecule has 0 spiro atoms. The molecule has 3 aliphatic heterocycles. The first-order valence-electron chi connectivity index (χ1n) is 28.3. The SMILES string of the molecule is CC(C)C.COCCN(CCOP(=O)(O)OCCC(CCOP(=O)(O)OCCN(CCO)C(=O)CCCO[C@@H]1OC(CO)[C@H](O)[C@H](O)C1C)C(=O)CCCO[C@@H]1OC(CO)[C@H](O)[C@H](O)C1C)C(=O)CCCO[C@@H]1OC(CO)[C@H](O)[C@H](O)C1C. The van der Waals surface area contributed by atoms with Gasteiger partial charge in [0.05, 0.1) is 97.6 Å². The van der Waals surface area contributed by atoms with Gasteiger partial charge in [0, 0.05) is 76.2 Å². The topological polar surface area (TPSA) is 436 Å². The number of nitrogens with zero attached hydrogens (tertiary/aromatic N) is 2. The molecule has 3 rings (SSSR count). The third-order valence-corrected chi connectivity index (χ3v) is 15.9. The van der Waals surface area contributed by atoms with Crippen LogP contribution in [0.25, 0.3) is 0 Å². The molecule has 12 N–H and O–H groups in total. The van der Waals surface area contributed by atoms with Crippen molar-refractivity contribution in [2.75, 3.05) is 113 Å². The molecule has 9 unspecified atom stereocenters. The van der Waals surface area contributed by atoms with E-state index in [0.29, 0.717) is 0 Å². The van der Waals surface area contributed by atoms with Gasteiger partial charge in [-0.1, -0.05) is 41.5 Å². The fourth-order valence-corrected chi connectivity index (χ4v) is 10.2. The second-order valence-electron chi connectivity index (χ2n) is 21.3. The number of ether oxygens (including phenoxy) is 7. The van der Waals surface area contributed by atoms with Gasteiger partial charge >= 0.3 is 15.6 Å². The Bertz CT molecular complexity index is 1890. The summed E-state index contributed by atoms with van der Waals surface area (Å²) in [6.45, 7) is 6.69. The van der Waals surface area contributed by atoms with Crippen LogP contribution in [0, 0.1) is 29.6 Å². The third-order valence-electron chi connectivity index (χ3n) is 13.8. The maximum Gasteiger partial charge on any atom is 0.472 e. The fraction of sp³-hybridized carbons (Fsp3) is 0.941. The van der Waals surface area contributed by atoms with Crippen LogP contribution < -0.4 is 0 Å². The van der Waals surface area contributed by atoms with E-state index in [1.165, 1.54) is 16.9 Å². The normalized spacial score (nSPS) is 30.2. The van der Waals surface area contributed by atoms with Crippen LogP contribution in [0.15, 0.2) is 0 Å². The predicted octanol–water partition coefficient (Wildman–Crippen LogP) is -1.21. The second kappa shape index (κ2) is 40.6. The van der Waals surface area contributed by atoms with Gasteiger partial charge in [0.1, 0.15) is 42.4 Å². The summed E-state index contributed by atoms with van der Waals surface area (Å²) in [6, 6.07) is 0. The van der Waals surface area contributed by atoms with Crippen LogP contribution in [0.2, 0.25) is 0 Å². The number of rotatable bonds is 40. The zero-order valence-corrected chi connectivity index (χ0v) is 50.8. The lowest BCUT2D eigenvalue weighted by atomic mass is 9.92. The van der Waals surface area contributed by atoms with Crippen LogP contribution in [0.4, 0.5) is 0 Å². The number of phosphoric ester groups is 2. The van der Waals surface area contributed by atoms with E-state index in [-0.39, 0.29) is 110 Å². The van der Waals surface area contributed by atoms with Crippen molar-refractivity contribution in [1.29, 1.82) is 0 Å². The number of aliphatic hydroxyl groups is 10. The molecule has 32 heteroatoms. The molecular weight excluding hydrogens is 1150 g/mol. The molecule has 0 aromatic heterocycles. The average molecular weight is 1250 g/mol. The van der Waals surface area contributed by atoms with Crippen LogP contribution in [-0.2, 0) is 74.8 Å². The molecule has 490 valence electrons. The predicted molar refractivity (Wildman–Crippen MR) is 290 cm³/mol. The molecule has 3 fully saturated rings. The summed E-state index contributed by atoms with van der Waals surface area (Å²) < 4.78 is 85.2. The van der Waals surface area contributed by atoms with Gasteiger partial charge in [-0.15, -0.1) is 0 Å². The van der Waals surface area contributed by atoms with Crippen molar-refractivity contribution in [3.8, 4) is 0 Å². The Morgan fingerprint density at radius 3 is 1.12 bits per heavy atom. The summed E-state index contributed by atoms with van der Waals surface area (Å²) >= 11 is 0. The molecular formula is C51H98N2O28P2. The van der Waals surface area contributed by atoms with Crippen molar-refractivity contribution in [3.63, 3.8) is 0 Å². The van der Waals surface area contributed by atoms with E-state index in [2.05, 4.69) is 20.8 Å². The minimum Gasteiger partial charge on any atom is -0.395 e. The lowest BCUT2D eigenvalue weighted by Gasteiger charge is -2.40. The van der Waals surface area contributed by atoms with Crippen molar-refractivity contribution in [3.05, 3.63) is 0 Å². The molecule has 3 heterocycles. The van der Waals surface area contributed by atoms with Crippen LogP contribution in [0.3, 0.4) is 0 Å². The van der Waals surface area contributed by atoms with E-state index in [1.807, 2.05) is 0 Å². The Hall–Kier alpha value is -1.85. The third kappa shape index (κ3) is 28.0. The molecule has 0 aromatic rings. The zero-order chi connectivity index (χ0) is 62.5. The number of aliphatic hydroxyl groups excluding tert-OH is 10. The van der Waals surface area contributed by atoms with Crippen molar-refractivity contribution < 1.29 is 136 Å². The minimum absolute atomic E-state index is 0.00917. The summed E-state index contributed by atoms with van der Waals surface area (Å²) in [5, 5.41) is 99.2. The Balaban J connectivity index is 0.00000568. The van der Waals surface area contributed by atoms with Crippen LogP contribution in [0.1, 0.15) is 92.9 Å². The van der Waals surface area contributed by atoms with E-state index in [9.17, 15) is 84.4 Å². The largest absolute Gasteiger partial charge is 0.472 e. The summed E-state index contributed by atoms with van der Waals surface area (Å²) in [5.74, 6) is -3.42. The number of Topliss-reactive ketones (excluding diaryl/α,β-unsaturated/α-hetero) is 1. The fourth-order valence-electron chi connectivity index (χ4n) is 8.78. The van der Waals surface area contributed by atoms with Crippen LogP contribution >= 0.6 is 15.6 Å². The number of ketones is 1. The monoisotopic (exact) mass is 1250 g/mol. The molecule has 0 aromatic carbocycles. The molecule has 0 aliphatic carbocycles. The van der Waals surface area contributed by atoms with Crippen molar-refractivity contribution in [2.45, 2.75) is 167 Å². The van der Waals surface area contributed by atoms with E-state index >= 15 is 0 Å². The quantitative estimate of drug-likeness (QED) is 0.0253. The number of phosphoric acid groups is 2. The number of hydrogen-bond acceptors (Lipinski definition) is 26. The molecule has 0 saturated carbocycles. The summed E-state index contributed by atoms with van der Waals surface area (Å²) in [6.07, 6.45) is -14.1. The lowest BCUT2D eigenvalue weighted by Crippen LogP contribution is -2.55. The molecule has 83 heavy (non-hydrogen) atoms. The van der Waals surface area contributed by atoms with Crippen molar-refractivity contribution in [2.24, 2.45) is 29.6 Å². The van der Waals surface area contributed by atoms with E-state index < -0.39 is 178 Å². The summed E-state index contributed by atoms with van der Waals surface area (Å²) in [7, 11) is -8.21. The van der Waals surface area contributed by atoms with E-state index in [0.717, 1.165) is 5.92 Å². The highest BCUT2D eigenvalue weighted by Crippen LogP contribution is 2.45. The van der Waals surface area contributed by atoms with Gasteiger partial charge in [-0.05, 0) is 38.0 Å². The highest BCUT2D eigenvalue weighted by atomic mass is 31.2. The average Bonchev–Trinajstić information content (AvgIpc) is 3.60. The van der Waals surface area contributed by atoms with Crippen LogP contribution in [0.5, 0.6) is 0 Å². The highest BCUT2D eigenvalue weighted by molar-refractivity contribution is 7.47. The summed E-state index contributed by atoms with van der Waals surface area (Å²) in [4.78, 5) is 63.3. The van der Waals surface area contributed by atoms with Crippen molar-refractivity contribution in [1.82, 2.24) is 9.80 Å². The molecule has 0 radical (unpaired) electrons. The second-order valence-corrected chi connectivity index (χ2v) is 24.2. The van der Waals surface area contributed by atoms with Gasteiger partial charge in [0.25, 0.3) is 0 Å². The Morgan fingerprint density at radius 2 is 0.795 bits per heavy atom. The Labute approximate surface area is 486 Å². The molecule has 18 atom stereocenters. The van der Waals surface area contributed by atoms with Gasteiger partial charge in [-0.3, -0.25) is 32.5 Å².